The molecule has 2 N–H and O–H groups in total. The zero-order valence-corrected chi connectivity index (χ0v) is 17.0. The van der Waals surface area contributed by atoms with Gasteiger partial charge in [-0.25, -0.2) is 4.79 Å². The molecular formula is C20H19N3O6S. The second-order valence-corrected chi connectivity index (χ2v) is 8.89. The maximum Gasteiger partial charge on any atom is 0.421 e. The van der Waals surface area contributed by atoms with Gasteiger partial charge in [-0.2, -0.15) is 18.1 Å². The van der Waals surface area contributed by atoms with Crippen molar-refractivity contribution in [3.05, 3.63) is 66.1 Å². The predicted octanol–water partition coefficient (Wildman–Crippen LogP) is 3.54. The topological polar surface area (TPSA) is 132 Å². The molecule has 156 valence electrons. The van der Waals surface area contributed by atoms with Gasteiger partial charge in [0.15, 0.2) is 0 Å². The van der Waals surface area contributed by atoms with Gasteiger partial charge in [0.2, 0.25) is 11.7 Å². The molecule has 2 unspecified atom stereocenters. The molecule has 10 heteroatoms. The molecule has 0 spiro atoms. The number of amides is 1. The van der Waals surface area contributed by atoms with Crippen LogP contribution in [0, 0.1) is 5.41 Å². The zero-order chi connectivity index (χ0) is 21.5. The van der Waals surface area contributed by atoms with E-state index < -0.39 is 16.4 Å². The van der Waals surface area contributed by atoms with Crippen LogP contribution in [0.3, 0.4) is 0 Å². The van der Waals surface area contributed by atoms with Crippen LogP contribution >= 0.6 is 0 Å². The quantitative estimate of drug-likeness (QED) is 0.608. The van der Waals surface area contributed by atoms with Crippen molar-refractivity contribution in [1.29, 1.82) is 0 Å². The maximum atomic E-state index is 11.6. The fourth-order valence-corrected chi connectivity index (χ4v) is 4.39. The summed E-state index contributed by atoms with van der Waals surface area (Å²) in [6.07, 6.45) is -1.72. The van der Waals surface area contributed by atoms with E-state index in [2.05, 4.69) is 24.0 Å². The van der Waals surface area contributed by atoms with Crippen LogP contribution < -0.4 is 8.91 Å². The van der Waals surface area contributed by atoms with Crippen LogP contribution in [0.4, 0.5) is 4.79 Å². The molecule has 1 saturated carbocycles. The third-order valence-corrected chi connectivity index (χ3v) is 6.06. The monoisotopic (exact) mass is 429 g/mol. The summed E-state index contributed by atoms with van der Waals surface area (Å²) in [7, 11) is -4.43. The van der Waals surface area contributed by atoms with Crippen molar-refractivity contribution in [3.8, 4) is 17.1 Å². The molecule has 1 heterocycles. The molecule has 1 aliphatic carbocycles. The number of rotatable bonds is 6. The van der Waals surface area contributed by atoms with E-state index in [1.807, 2.05) is 30.3 Å². The first-order valence-corrected chi connectivity index (χ1v) is 10.5. The summed E-state index contributed by atoms with van der Waals surface area (Å²) in [6, 6.07) is 16.0. The highest BCUT2D eigenvalue weighted by Gasteiger charge is 2.62. The Morgan fingerprint density at radius 1 is 1.10 bits per heavy atom. The molecule has 0 radical (unpaired) electrons. The molecule has 0 saturated heterocycles. The second kappa shape index (κ2) is 7.13. The molecule has 0 aliphatic heterocycles. The summed E-state index contributed by atoms with van der Waals surface area (Å²) >= 11 is 0. The molecule has 1 aromatic heterocycles. The number of nitrogens with zero attached hydrogens (tertiary/aromatic N) is 2. The van der Waals surface area contributed by atoms with Crippen molar-refractivity contribution < 1.29 is 27.0 Å². The molecule has 1 aliphatic rings. The highest BCUT2D eigenvalue weighted by molar-refractivity contribution is 7.85. The summed E-state index contributed by atoms with van der Waals surface area (Å²) in [6.45, 7) is 4.20. The van der Waals surface area contributed by atoms with Gasteiger partial charge in [-0.05, 0) is 23.1 Å². The summed E-state index contributed by atoms with van der Waals surface area (Å²) < 4.78 is 34.7. The smallest absolute Gasteiger partial charge is 0.421 e. The van der Waals surface area contributed by atoms with Gasteiger partial charge < -0.3 is 13.8 Å². The Morgan fingerprint density at radius 2 is 1.77 bits per heavy atom. The Labute approximate surface area is 173 Å². The molecule has 2 aromatic carbocycles. The van der Waals surface area contributed by atoms with E-state index in [-0.39, 0.29) is 23.0 Å². The van der Waals surface area contributed by atoms with Gasteiger partial charge in [0.25, 0.3) is 0 Å². The number of carbonyl (C=O) groups is 1. The number of nitrogens with one attached hydrogen (secondary N) is 1. The van der Waals surface area contributed by atoms with E-state index in [1.54, 1.807) is 12.1 Å². The van der Waals surface area contributed by atoms with Crippen LogP contribution in [0.25, 0.3) is 11.4 Å². The Balaban J connectivity index is 1.51. The summed E-state index contributed by atoms with van der Waals surface area (Å²) in [5.41, 5.74) is 1.71. The molecule has 4 rings (SSSR count). The van der Waals surface area contributed by atoms with Crippen LogP contribution in [0.5, 0.6) is 5.75 Å². The number of benzene rings is 2. The minimum absolute atomic E-state index is 0.00617. The first-order chi connectivity index (χ1) is 14.2. The molecule has 1 fully saturated rings. The number of hydrogen-bond acceptors (Lipinski definition) is 7. The average molecular weight is 429 g/mol. The lowest BCUT2D eigenvalue weighted by Crippen LogP contribution is -2.32. The fourth-order valence-electron chi connectivity index (χ4n) is 3.77. The molecule has 3 aromatic rings. The standard InChI is InChI=1S/C20H19N3O6S/c1-20(2)15(12-8-10-14(11-9-12)29-30(26,27)23-19(24)25)16(20)18-21-17(22-28-18)13-6-4-3-5-7-13/h3-11,15-16,23H,1-2H3,(H,24,25). The summed E-state index contributed by atoms with van der Waals surface area (Å²) in [4.78, 5) is 15.1. The van der Waals surface area contributed by atoms with Crippen LogP contribution in [-0.4, -0.2) is 29.8 Å². The number of carboxylic acid groups (broad SMARTS) is 1. The lowest BCUT2D eigenvalue weighted by Gasteiger charge is -2.07. The fraction of sp³-hybridized carbons (Fsp3) is 0.250. The summed E-state index contributed by atoms with van der Waals surface area (Å²) in [5, 5.41) is 12.6. The van der Waals surface area contributed by atoms with E-state index in [0.717, 1.165) is 11.1 Å². The SMILES string of the molecule is CC1(C)C(c2ccc(OS(=O)(=O)NC(=O)O)cc2)C1c1nc(-c2ccccc2)no1. The normalized spacial score (nSPS) is 19.8. The molecule has 2 atom stereocenters. The highest BCUT2D eigenvalue weighted by Crippen LogP contribution is 2.69. The van der Waals surface area contributed by atoms with Crippen molar-refractivity contribution in [2.75, 3.05) is 0 Å². The minimum Gasteiger partial charge on any atom is -0.464 e. The van der Waals surface area contributed by atoms with Crippen LogP contribution in [0.1, 0.15) is 37.1 Å². The van der Waals surface area contributed by atoms with Crippen molar-refractivity contribution >= 4 is 16.4 Å². The van der Waals surface area contributed by atoms with E-state index >= 15 is 0 Å². The molecule has 30 heavy (non-hydrogen) atoms. The Bertz CT molecular complexity index is 1170. The van der Waals surface area contributed by atoms with Gasteiger partial charge in [0, 0.05) is 11.5 Å². The molecule has 0 bridgehead atoms. The summed E-state index contributed by atoms with van der Waals surface area (Å²) in [5.74, 6) is 1.21. The maximum absolute atomic E-state index is 11.6. The van der Waals surface area contributed by atoms with Gasteiger partial charge in [0.05, 0.1) is 5.92 Å². The number of aromatic nitrogens is 2. The van der Waals surface area contributed by atoms with Gasteiger partial charge in [0.1, 0.15) is 5.75 Å². The van der Waals surface area contributed by atoms with Crippen LogP contribution in [0.2, 0.25) is 0 Å². The molecule has 1 amide bonds. The van der Waals surface area contributed by atoms with Gasteiger partial charge in [-0.1, -0.05) is 61.5 Å². The van der Waals surface area contributed by atoms with E-state index in [0.29, 0.717) is 11.7 Å². The van der Waals surface area contributed by atoms with E-state index in [4.69, 9.17) is 13.8 Å². The first-order valence-electron chi connectivity index (χ1n) is 9.11. The second-order valence-electron chi connectivity index (χ2n) is 7.61. The average Bonchev–Trinajstić information content (AvgIpc) is 3.01. The van der Waals surface area contributed by atoms with Crippen molar-refractivity contribution in [3.63, 3.8) is 0 Å². The first kappa shape index (κ1) is 19.9. The van der Waals surface area contributed by atoms with Gasteiger partial charge in [-0.3, -0.25) is 0 Å². The van der Waals surface area contributed by atoms with E-state index in [9.17, 15) is 13.2 Å². The Kier molecular flexibility index (Phi) is 4.73. The Morgan fingerprint density at radius 3 is 2.40 bits per heavy atom. The lowest BCUT2D eigenvalue weighted by molar-refractivity contribution is 0.200. The minimum atomic E-state index is -4.43. The molecule has 9 nitrogen and oxygen atoms in total. The third kappa shape index (κ3) is 3.86. The molecular weight excluding hydrogens is 410 g/mol. The van der Waals surface area contributed by atoms with Crippen molar-refractivity contribution in [2.45, 2.75) is 25.7 Å². The van der Waals surface area contributed by atoms with Crippen molar-refractivity contribution in [1.82, 2.24) is 14.9 Å². The van der Waals surface area contributed by atoms with Gasteiger partial charge >= 0.3 is 16.4 Å². The van der Waals surface area contributed by atoms with E-state index in [1.165, 1.54) is 16.9 Å². The number of hydrogen-bond donors (Lipinski definition) is 2. The van der Waals surface area contributed by atoms with Crippen LogP contribution in [-0.2, 0) is 10.3 Å². The van der Waals surface area contributed by atoms with Crippen molar-refractivity contribution in [2.24, 2.45) is 5.41 Å². The zero-order valence-electron chi connectivity index (χ0n) is 16.1. The third-order valence-electron chi connectivity index (χ3n) is 5.22. The Hall–Kier alpha value is -3.40. The predicted molar refractivity (Wildman–Crippen MR) is 106 cm³/mol. The highest BCUT2D eigenvalue weighted by atomic mass is 32.2. The van der Waals surface area contributed by atoms with Crippen LogP contribution in [0.15, 0.2) is 59.1 Å². The largest absolute Gasteiger partial charge is 0.464 e. The lowest BCUT2D eigenvalue weighted by atomic mass is 10.0. The van der Waals surface area contributed by atoms with Gasteiger partial charge in [-0.15, -0.1) is 0 Å².